The Balaban J connectivity index is 1.61. The Bertz CT molecular complexity index is 1230. The fraction of sp³-hybridized carbons (Fsp3) is 0.559. The van der Waals surface area contributed by atoms with Crippen LogP contribution in [0.3, 0.4) is 0 Å². The van der Waals surface area contributed by atoms with Crippen molar-refractivity contribution in [2.24, 2.45) is 17.8 Å². The number of carbonyl (C=O) groups excluding carboxylic acids is 3. The van der Waals surface area contributed by atoms with E-state index in [0.29, 0.717) is 57.2 Å². The highest BCUT2D eigenvalue weighted by Gasteiger charge is 2.45. The Morgan fingerprint density at radius 1 is 1.02 bits per heavy atom. The monoisotopic (exact) mass is 564 g/mol. The van der Waals surface area contributed by atoms with Crippen LogP contribution in [0.4, 0.5) is 10.1 Å². The zero-order valence-corrected chi connectivity index (χ0v) is 25.2. The average Bonchev–Trinajstić information content (AvgIpc) is 2.95. The van der Waals surface area contributed by atoms with E-state index in [1.54, 1.807) is 24.0 Å². The lowest BCUT2D eigenvalue weighted by atomic mass is 9.71. The Morgan fingerprint density at radius 2 is 1.73 bits per heavy atom. The number of hydrogen-bond acceptors (Lipinski definition) is 4. The molecule has 0 unspecified atom stereocenters. The van der Waals surface area contributed by atoms with Gasteiger partial charge in [0, 0.05) is 18.3 Å². The maximum absolute atomic E-state index is 15.0. The zero-order valence-electron chi connectivity index (χ0n) is 25.2. The minimum Gasteiger partial charge on any atom is -0.465 e. The molecule has 2 amide bonds. The number of nitrogens with zero attached hydrogens (tertiary/aromatic N) is 1. The second-order valence-electron chi connectivity index (χ2n) is 12.8. The number of anilines is 1. The van der Waals surface area contributed by atoms with Gasteiger partial charge < -0.3 is 15.0 Å². The van der Waals surface area contributed by atoms with Crippen LogP contribution in [0.15, 0.2) is 42.5 Å². The van der Waals surface area contributed by atoms with Crippen LogP contribution in [0.2, 0.25) is 0 Å². The van der Waals surface area contributed by atoms with Crippen molar-refractivity contribution in [2.75, 3.05) is 18.5 Å². The second kappa shape index (κ2) is 13.2. The lowest BCUT2D eigenvalue weighted by Crippen LogP contribution is -2.56. The topological polar surface area (TPSA) is 75.7 Å². The first-order valence-electron chi connectivity index (χ1n) is 15.1. The van der Waals surface area contributed by atoms with Gasteiger partial charge in [0.2, 0.25) is 5.91 Å². The number of esters is 1. The standard InChI is InChI=1S/C34H45FN2O4/c1-6-20-41-33(40)24-17-15-23(16-18-24)30-27(31(38)36-26-12-8-11-25(21-26)34(3,4)5)13-9-19-37(30)32(39)29-22(2)10-7-14-28(29)35/h7-8,10-12,14,21,23-24,27,30H,6,9,13,15-20H2,1-5H3,(H,36,38)/t23?,24?,27-,30-/m0/s1. The Morgan fingerprint density at radius 3 is 2.39 bits per heavy atom. The molecular formula is C34H45FN2O4. The maximum atomic E-state index is 15.0. The number of rotatable bonds is 7. The summed E-state index contributed by atoms with van der Waals surface area (Å²) < 4.78 is 20.4. The molecule has 1 heterocycles. The van der Waals surface area contributed by atoms with Crippen LogP contribution in [-0.4, -0.2) is 41.9 Å². The number of piperidine rings is 1. The SMILES string of the molecule is CCCOC(=O)C1CCC([C@H]2[C@@H](C(=O)Nc3cccc(C(C)(C)C)c3)CCCN2C(=O)c2c(C)cccc2F)CC1. The number of hydrogen-bond donors (Lipinski definition) is 1. The van der Waals surface area contributed by atoms with Gasteiger partial charge in [-0.15, -0.1) is 0 Å². The number of halogens is 1. The number of nitrogens with one attached hydrogen (secondary N) is 1. The van der Waals surface area contributed by atoms with Gasteiger partial charge in [-0.25, -0.2) is 4.39 Å². The number of benzene rings is 2. The zero-order chi connectivity index (χ0) is 29.7. The van der Waals surface area contributed by atoms with E-state index in [-0.39, 0.29) is 46.6 Å². The van der Waals surface area contributed by atoms with Gasteiger partial charge in [0.15, 0.2) is 0 Å². The van der Waals surface area contributed by atoms with Crippen molar-refractivity contribution in [3.05, 3.63) is 65.0 Å². The van der Waals surface area contributed by atoms with Gasteiger partial charge >= 0.3 is 5.97 Å². The summed E-state index contributed by atoms with van der Waals surface area (Å²) in [7, 11) is 0. The molecule has 222 valence electrons. The number of likely N-dealkylation sites (tertiary alicyclic amines) is 1. The van der Waals surface area contributed by atoms with Gasteiger partial charge in [-0.1, -0.05) is 52.0 Å². The first-order chi connectivity index (χ1) is 19.5. The summed E-state index contributed by atoms with van der Waals surface area (Å²) in [4.78, 5) is 42.2. The molecule has 7 heteroatoms. The summed E-state index contributed by atoms with van der Waals surface area (Å²) in [6.45, 7) is 11.0. The third-order valence-electron chi connectivity index (χ3n) is 8.75. The number of amides is 2. The van der Waals surface area contributed by atoms with Gasteiger partial charge in [-0.05, 0) is 92.5 Å². The Labute approximate surface area is 244 Å². The maximum Gasteiger partial charge on any atom is 0.308 e. The molecule has 1 saturated carbocycles. The molecule has 1 aliphatic heterocycles. The Hall–Kier alpha value is -3.22. The van der Waals surface area contributed by atoms with Crippen LogP contribution < -0.4 is 5.32 Å². The van der Waals surface area contributed by atoms with Crippen molar-refractivity contribution >= 4 is 23.5 Å². The van der Waals surface area contributed by atoms with E-state index in [4.69, 9.17) is 4.74 Å². The molecule has 2 atom stereocenters. The molecule has 1 saturated heterocycles. The fourth-order valence-corrected chi connectivity index (χ4v) is 6.49. The van der Waals surface area contributed by atoms with E-state index < -0.39 is 11.7 Å². The molecule has 2 aromatic carbocycles. The molecule has 4 rings (SSSR count). The van der Waals surface area contributed by atoms with E-state index in [2.05, 4.69) is 32.2 Å². The molecule has 1 aliphatic carbocycles. The molecule has 41 heavy (non-hydrogen) atoms. The van der Waals surface area contributed by atoms with Crippen molar-refractivity contribution in [2.45, 2.75) is 91.0 Å². The number of carbonyl (C=O) groups is 3. The molecule has 2 fully saturated rings. The normalized spacial score (nSPS) is 23.1. The summed E-state index contributed by atoms with van der Waals surface area (Å²) in [6.07, 6.45) is 4.83. The van der Waals surface area contributed by atoms with Crippen molar-refractivity contribution in [3.8, 4) is 0 Å². The number of ether oxygens (including phenoxy) is 1. The van der Waals surface area contributed by atoms with Crippen LogP contribution in [0.25, 0.3) is 0 Å². The number of aryl methyl sites for hydroxylation is 1. The van der Waals surface area contributed by atoms with Gasteiger partial charge in [-0.3, -0.25) is 14.4 Å². The van der Waals surface area contributed by atoms with Gasteiger partial charge in [0.25, 0.3) is 5.91 Å². The summed E-state index contributed by atoms with van der Waals surface area (Å²) in [5, 5.41) is 3.14. The van der Waals surface area contributed by atoms with Crippen LogP contribution in [-0.2, 0) is 19.7 Å². The third kappa shape index (κ3) is 7.17. The smallest absolute Gasteiger partial charge is 0.308 e. The summed E-state index contributed by atoms with van der Waals surface area (Å²) in [5.41, 5.74) is 2.45. The lowest BCUT2D eigenvalue weighted by molar-refractivity contribution is -0.150. The van der Waals surface area contributed by atoms with Crippen LogP contribution in [0.5, 0.6) is 0 Å². The largest absolute Gasteiger partial charge is 0.465 e. The van der Waals surface area contributed by atoms with Gasteiger partial charge in [0.05, 0.1) is 24.0 Å². The van der Waals surface area contributed by atoms with Crippen molar-refractivity contribution in [1.82, 2.24) is 4.90 Å². The quantitative estimate of drug-likeness (QED) is 0.366. The molecule has 0 radical (unpaired) electrons. The first kappa shape index (κ1) is 30.7. The molecule has 0 spiro atoms. The molecule has 2 aromatic rings. The highest BCUT2D eigenvalue weighted by atomic mass is 19.1. The molecule has 2 aliphatic rings. The van der Waals surface area contributed by atoms with Crippen molar-refractivity contribution in [3.63, 3.8) is 0 Å². The van der Waals surface area contributed by atoms with E-state index in [9.17, 15) is 18.8 Å². The van der Waals surface area contributed by atoms with E-state index >= 15 is 0 Å². The first-order valence-corrected chi connectivity index (χ1v) is 15.1. The highest BCUT2D eigenvalue weighted by molar-refractivity contribution is 5.98. The van der Waals surface area contributed by atoms with E-state index in [1.165, 1.54) is 6.07 Å². The van der Waals surface area contributed by atoms with Gasteiger partial charge in [0.1, 0.15) is 5.82 Å². The molecule has 6 nitrogen and oxygen atoms in total. The third-order valence-corrected chi connectivity index (χ3v) is 8.75. The predicted molar refractivity (Wildman–Crippen MR) is 159 cm³/mol. The average molecular weight is 565 g/mol. The second-order valence-corrected chi connectivity index (χ2v) is 12.8. The Kier molecular flexibility index (Phi) is 9.88. The molecule has 1 N–H and O–H groups in total. The summed E-state index contributed by atoms with van der Waals surface area (Å²) >= 11 is 0. The summed E-state index contributed by atoms with van der Waals surface area (Å²) in [5.74, 6) is -1.74. The van der Waals surface area contributed by atoms with Crippen LogP contribution >= 0.6 is 0 Å². The lowest BCUT2D eigenvalue weighted by Gasteiger charge is -2.46. The highest BCUT2D eigenvalue weighted by Crippen LogP contribution is 2.40. The summed E-state index contributed by atoms with van der Waals surface area (Å²) in [6, 6.07) is 12.2. The van der Waals surface area contributed by atoms with E-state index in [1.807, 2.05) is 25.1 Å². The molecule has 0 aromatic heterocycles. The fourth-order valence-electron chi connectivity index (χ4n) is 6.49. The van der Waals surface area contributed by atoms with Gasteiger partial charge in [-0.2, -0.15) is 0 Å². The minimum atomic E-state index is -0.540. The molecule has 0 bridgehead atoms. The molecular weight excluding hydrogens is 519 g/mol. The predicted octanol–water partition coefficient (Wildman–Crippen LogP) is 7.05. The minimum absolute atomic E-state index is 0.0261. The van der Waals surface area contributed by atoms with Crippen LogP contribution in [0.1, 0.15) is 94.1 Å². The van der Waals surface area contributed by atoms with E-state index in [0.717, 1.165) is 17.7 Å². The van der Waals surface area contributed by atoms with Crippen molar-refractivity contribution < 1.29 is 23.5 Å². The van der Waals surface area contributed by atoms with Crippen LogP contribution in [0, 0.1) is 30.5 Å². The van der Waals surface area contributed by atoms with Crippen molar-refractivity contribution in [1.29, 1.82) is 0 Å².